The predicted molar refractivity (Wildman–Crippen MR) is 144 cm³/mol. The normalized spacial score (nSPS) is 13.9. The Morgan fingerprint density at radius 1 is 0.833 bits per heavy atom. The second-order valence-corrected chi connectivity index (χ2v) is 10.2. The van der Waals surface area contributed by atoms with Gasteiger partial charge in [-0.1, -0.05) is 78.9 Å². The molecule has 1 aliphatic rings. The van der Waals surface area contributed by atoms with Crippen molar-refractivity contribution < 1.29 is 13.2 Å². The number of nitrogens with two attached hydrogens (primary N) is 1. The third-order valence-corrected chi connectivity index (χ3v) is 7.09. The Hall–Kier alpha value is -4.20. The lowest BCUT2D eigenvalue weighted by Crippen LogP contribution is -2.17. The first-order valence-corrected chi connectivity index (χ1v) is 13.1. The number of primary sulfonamides is 1. The minimum absolute atomic E-state index is 0.0305. The van der Waals surface area contributed by atoms with Gasteiger partial charge >= 0.3 is 0 Å². The SMILES string of the molecule is NS(=O)(=O)c1cc(/C=C2\C(=O)Nc3ccccc32)cc(NCc2ccccc2)c1Cc1ccccc1. The topological polar surface area (TPSA) is 101 Å². The average molecular weight is 496 g/mol. The van der Waals surface area contributed by atoms with Gasteiger partial charge in [-0.25, -0.2) is 13.6 Å². The summed E-state index contributed by atoms with van der Waals surface area (Å²) < 4.78 is 25.5. The maximum atomic E-state index is 12.8. The molecule has 0 saturated carbocycles. The zero-order chi connectivity index (χ0) is 25.1. The van der Waals surface area contributed by atoms with Crippen molar-refractivity contribution in [3.05, 3.63) is 125 Å². The molecule has 180 valence electrons. The van der Waals surface area contributed by atoms with Crippen molar-refractivity contribution in [2.24, 2.45) is 5.14 Å². The van der Waals surface area contributed by atoms with E-state index >= 15 is 0 Å². The predicted octanol–water partition coefficient (Wildman–Crippen LogP) is 5.03. The summed E-state index contributed by atoms with van der Waals surface area (Å²) in [5.41, 5.74) is 5.76. The number of fused-ring (bicyclic) bond motifs is 1. The van der Waals surface area contributed by atoms with Gasteiger partial charge in [-0.05, 0) is 46.5 Å². The van der Waals surface area contributed by atoms with Gasteiger partial charge in [0.05, 0.1) is 4.90 Å². The van der Waals surface area contributed by atoms with E-state index in [0.717, 1.165) is 22.4 Å². The highest BCUT2D eigenvalue weighted by molar-refractivity contribution is 7.89. The van der Waals surface area contributed by atoms with Crippen LogP contribution in [-0.4, -0.2) is 14.3 Å². The third-order valence-electron chi connectivity index (χ3n) is 6.11. The van der Waals surface area contributed by atoms with E-state index in [1.54, 1.807) is 12.1 Å². The maximum absolute atomic E-state index is 12.8. The summed E-state index contributed by atoms with van der Waals surface area (Å²) in [6.45, 7) is 0.496. The van der Waals surface area contributed by atoms with E-state index in [-0.39, 0.29) is 10.8 Å². The van der Waals surface area contributed by atoms with Gasteiger partial charge in [-0.2, -0.15) is 0 Å². The van der Waals surface area contributed by atoms with Crippen LogP contribution >= 0.6 is 0 Å². The van der Waals surface area contributed by atoms with Gasteiger partial charge in [0.2, 0.25) is 10.0 Å². The number of sulfonamides is 1. The molecule has 1 heterocycles. The highest BCUT2D eigenvalue weighted by Crippen LogP contribution is 2.35. The molecule has 7 heteroatoms. The van der Waals surface area contributed by atoms with Crippen LogP contribution in [0.5, 0.6) is 0 Å². The van der Waals surface area contributed by atoms with Gasteiger partial charge in [0.1, 0.15) is 0 Å². The standard InChI is InChI=1S/C29H25N3O3S/c30-36(34,35)28-18-22(16-24-23-13-7-8-14-26(23)32-29(24)33)17-27(31-19-21-11-5-2-6-12-21)25(28)15-20-9-3-1-4-10-20/h1-14,16-18,31H,15,19H2,(H,32,33)(H2,30,34,35)/b24-16-. The van der Waals surface area contributed by atoms with Crippen molar-refractivity contribution in [1.29, 1.82) is 0 Å². The summed E-state index contributed by atoms with van der Waals surface area (Å²) in [5.74, 6) is -0.236. The van der Waals surface area contributed by atoms with Crippen LogP contribution in [0.3, 0.4) is 0 Å². The number of carbonyl (C=O) groups is 1. The zero-order valence-corrected chi connectivity index (χ0v) is 20.3. The number of benzene rings is 4. The molecular formula is C29H25N3O3S. The first-order valence-electron chi connectivity index (χ1n) is 11.5. The van der Waals surface area contributed by atoms with E-state index in [4.69, 9.17) is 5.14 Å². The fourth-order valence-corrected chi connectivity index (χ4v) is 5.21. The lowest BCUT2D eigenvalue weighted by atomic mass is 9.98. The first-order chi connectivity index (χ1) is 17.4. The molecule has 4 N–H and O–H groups in total. The van der Waals surface area contributed by atoms with Crippen LogP contribution in [0.2, 0.25) is 0 Å². The van der Waals surface area contributed by atoms with Gasteiger partial charge in [0, 0.05) is 35.5 Å². The zero-order valence-electron chi connectivity index (χ0n) is 19.4. The van der Waals surface area contributed by atoms with Crippen LogP contribution in [0, 0.1) is 0 Å². The molecular weight excluding hydrogens is 470 g/mol. The molecule has 36 heavy (non-hydrogen) atoms. The molecule has 0 aromatic heterocycles. The van der Waals surface area contributed by atoms with Crippen molar-refractivity contribution in [3.63, 3.8) is 0 Å². The molecule has 0 radical (unpaired) electrons. The minimum Gasteiger partial charge on any atom is -0.381 e. The second-order valence-electron chi connectivity index (χ2n) is 8.65. The van der Waals surface area contributed by atoms with E-state index in [9.17, 15) is 13.2 Å². The molecule has 0 saturated heterocycles. The smallest absolute Gasteiger partial charge is 0.256 e. The average Bonchev–Trinajstić information content (AvgIpc) is 3.19. The Kier molecular flexibility index (Phi) is 6.41. The molecule has 0 spiro atoms. The molecule has 1 amide bonds. The van der Waals surface area contributed by atoms with Gasteiger partial charge in [0.25, 0.3) is 5.91 Å². The summed E-state index contributed by atoms with van der Waals surface area (Å²) in [4.78, 5) is 12.7. The number of carbonyl (C=O) groups excluding carboxylic acids is 1. The Balaban J connectivity index is 1.64. The minimum atomic E-state index is -4.06. The third kappa shape index (κ3) is 5.07. The van der Waals surface area contributed by atoms with Crippen LogP contribution in [-0.2, 0) is 27.8 Å². The molecule has 0 unspecified atom stereocenters. The lowest BCUT2D eigenvalue weighted by molar-refractivity contribution is -0.110. The number of rotatable bonds is 7. The van der Waals surface area contributed by atoms with E-state index in [1.165, 1.54) is 0 Å². The van der Waals surface area contributed by atoms with Gasteiger partial charge in [-0.3, -0.25) is 4.79 Å². The quantitative estimate of drug-likeness (QED) is 0.313. The van der Waals surface area contributed by atoms with Crippen molar-refractivity contribution in [2.45, 2.75) is 17.9 Å². The monoisotopic (exact) mass is 495 g/mol. The Morgan fingerprint density at radius 2 is 1.47 bits per heavy atom. The highest BCUT2D eigenvalue weighted by atomic mass is 32.2. The number of nitrogens with one attached hydrogen (secondary N) is 2. The number of para-hydroxylation sites is 1. The molecule has 5 rings (SSSR count). The second kappa shape index (κ2) is 9.81. The van der Waals surface area contributed by atoms with E-state index in [0.29, 0.717) is 35.4 Å². The molecule has 4 aromatic rings. The van der Waals surface area contributed by atoms with Crippen LogP contribution in [0.1, 0.15) is 27.8 Å². The van der Waals surface area contributed by atoms with Gasteiger partial charge < -0.3 is 10.6 Å². The summed E-state index contributed by atoms with van der Waals surface area (Å²) in [7, 11) is -4.06. The van der Waals surface area contributed by atoms with Gasteiger partial charge in [-0.15, -0.1) is 0 Å². The lowest BCUT2D eigenvalue weighted by Gasteiger charge is -2.18. The number of anilines is 2. The Labute approximate surface area is 210 Å². The number of hydrogen-bond donors (Lipinski definition) is 3. The van der Waals surface area contributed by atoms with E-state index < -0.39 is 10.0 Å². The Bertz CT molecular complexity index is 1560. The van der Waals surface area contributed by atoms with Crippen LogP contribution in [0.25, 0.3) is 11.6 Å². The first kappa shape index (κ1) is 23.5. The van der Waals surface area contributed by atoms with Crippen molar-refractivity contribution in [1.82, 2.24) is 0 Å². The molecule has 6 nitrogen and oxygen atoms in total. The largest absolute Gasteiger partial charge is 0.381 e. The van der Waals surface area contributed by atoms with Crippen molar-refractivity contribution >= 4 is 39.0 Å². The molecule has 0 fully saturated rings. The fraction of sp³-hybridized carbons (Fsp3) is 0.0690. The summed E-state index contributed by atoms with van der Waals surface area (Å²) in [5, 5.41) is 12.0. The van der Waals surface area contributed by atoms with Crippen LogP contribution < -0.4 is 15.8 Å². The van der Waals surface area contributed by atoms with E-state index in [2.05, 4.69) is 10.6 Å². The molecule has 0 bridgehead atoms. The molecule has 1 aliphatic heterocycles. The molecule has 0 atom stereocenters. The van der Waals surface area contributed by atoms with Crippen LogP contribution in [0.4, 0.5) is 11.4 Å². The van der Waals surface area contributed by atoms with E-state index in [1.807, 2.05) is 91.0 Å². The van der Waals surface area contributed by atoms with Gasteiger partial charge in [0.15, 0.2) is 0 Å². The van der Waals surface area contributed by atoms with Crippen LogP contribution in [0.15, 0.2) is 102 Å². The summed E-state index contributed by atoms with van der Waals surface area (Å²) >= 11 is 0. The number of hydrogen-bond acceptors (Lipinski definition) is 4. The van der Waals surface area contributed by atoms with Crippen molar-refractivity contribution in [3.8, 4) is 0 Å². The highest BCUT2D eigenvalue weighted by Gasteiger charge is 2.25. The summed E-state index contributed by atoms with van der Waals surface area (Å²) in [6.07, 6.45) is 2.08. The molecule has 4 aromatic carbocycles. The van der Waals surface area contributed by atoms with Crippen molar-refractivity contribution in [2.75, 3.05) is 10.6 Å². The Morgan fingerprint density at radius 3 is 2.17 bits per heavy atom. The fourth-order valence-electron chi connectivity index (χ4n) is 4.39. The number of amides is 1. The maximum Gasteiger partial charge on any atom is 0.256 e. The molecule has 0 aliphatic carbocycles. The summed E-state index contributed by atoms with van der Waals surface area (Å²) in [6, 6.07) is 30.3.